The van der Waals surface area contributed by atoms with Crippen molar-refractivity contribution in [3.63, 3.8) is 0 Å². The molecule has 0 amide bonds. The van der Waals surface area contributed by atoms with Gasteiger partial charge in [0.25, 0.3) is 0 Å². The van der Waals surface area contributed by atoms with Crippen molar-refractivity contribution in [3.8, 4) is 0 Å². The van der Waals surface area contributed by atoms with Crippen molar-refractivity contribution < 1.29 is 8.42 Å². The van der Waals surface area contributed by atoms with Crippen LogP contribution >= 0.6 is 0 Å². The van der Waals surface area contributed by atoms with Crippen molar-refractivity contribution in [3.05, 3.63) is 35.9 Å². The second-order valence-corrected chi connectivity index (χ2v) is 5.88. The summed E-state index contributed by atoms with van der Waals surface area (Å²) in [5.41, 5.74) is 2.19. The van der Waals surface area contributed by atoms with Crippen LogP contribution in [0, 0.1) is 6.07 Å². The average molecular weight is 236 g/mol. The van der Waals surface area contributed by atoms with Crippen LogP contribution in [0.25, 0.3) is 5.57 Å². The third kappa shape index (κ3) is 2.51. The summed E-state index contributed by atoms with van der Waals surface area (Å²) in [4.78, 5) is 0.268. The molecule has 0 saturated heterocycles. The number of nitrogens with one attached hydrogen (secondary N) is 1. The fraction of sp³-hybridized carbons (Fsp3) is 0.333. The van der Waals surface area contributed by atoms with Gasteiger partial charge in [-0.15, -0.1) is 0 Å². The van der Waals surface area contributed by atoms with Crippen molar-refractivity contribution in [2.75, 3.05) is 19.3 Å². The molecule has 3 nitrogen and oxygen atoms in total. The lowest BCUT2D eigenvalue weighted by Crippen LogP contribution is -2.20. The molecule has 1 aliphatic heterocycles. The lowest BCUT2D eigenvalue weighted by molar-refractivity contribution is 0.601. The van der Waals surface area contributed by atoms with E-state index in [2.05, 4.69) is 17.5 Å². The van der Waals surface area contributed by atoms with Crippen molar-refractivity contribution in [1.82, 2.24) is 5.32 Å². The molecule has 0 aromatic heterocycles. The maximum Gasteiger partial charge on any atom is 0.176 e. The van der Waals surface area contributed by atoms with Gasteiger partial charge in [0.15, 0.2) is 9.84 Å². The Labute approximate surface area is 96.1 Å². The minimum atomic E-state index is -3.16. The first kappa shape index (κ1) is 11.4. The molecule has 0 spiro atoms. The van der Waals surface area contributed by atoms with Crippen LogP contribution in [0.5, 0.6) is 0 Å². The summed E-state index contributed by atoms with van der Waals surface area (Å²) in [6.45, 7) is 1.79. The molecule has 16 heavy (non-hydrogen) atoms. The van der Waals surface area contributed by atoms with E-state index in [9.17, 15) is 8.42 Å². The molecule has 0 bridgehead atoms. The molecule has 0 aliphatic carbocycles. The molecule has 1 N–H and O–H groups in total. The van der Waals surface area contributed by atoms with Gasteiger partial charge in [-0.3, -0.25) is 0 Å². The molecule has 0 unspecified atom stereocenters. The number of hydrogen-bond donors (Lipinski definition) is 1. The Kier molecular flexibility index (Phi) is 3.12. The van der Waals surface area contributed by atoms with Crippen LogP contribution in [0.2, 0.25) is 0 Å². The van der Waals surface area contributed by atoms with Gasteiger partial charge in [0.05, 0.1) is 4.90 Å². The summed E-state index contributed by atoms with van der Waals surface area (Å²) < 4.78 is 22.8. The molecular weight excluding hydrogens is 222 g/mol. The van der Waals surface area contributed by atoms with Gasteiger partial charge in [-0.1, -0.05) is 18.2 Å². The molecule has 85 valence electrons. The largest absolute Gasteiger partial charge is 0.313 e. The van der Waals surface area contributed by atoms with Gasteiger partial charge < -0.3 is 5.32 Å². The van der Waals surface area contributed by atoms with E-state index in [1.807, 2.05) is 6.07 Å². The molecule has 0 saturated carbocycles. The van der Waals surface area contributed by atoms with Gasteiger partial charge in [0.1, 0.15) is 0 Å². The molecule has 1 aromatic rings. The van der Waals surface area contributed by atoms with E-state index < -0.39 is 9.84 Å². The molecule has 0 atom stereocenters. The highest BCUT2D eigenvalue weighted by molar-refractivity contribution is 7.90. The first-order valence-electron chi connectivity index (χ1n) is 5.19. The molecule has 1 aliphatic rings. The van der Waals surface area contributed by atoms with Gasteiger partial charge >= 0.3 is 0 Å². The van der Waals surface area contributed by atoms with Gasteiger partial charge in [-0.2, -0.15) is 0 Å². The minimum absolute atomic E-state index is 0.268. The fourth-order valence-corrected chi connectivity index (χ4v) is 2.37. The summed E-state index contributed by atoms with van der Waals surface area (Å²) in [6.07, 6.45) is 4.25. The monoisotopic (exact) mass is 236 g/mol. The standard InChI is InChI=1S/C12H14NO2S/c1-16(14,15)12-4-2-3-11(9-12)10-5-7-13-8-6-10/h2-3,5,9,13H,6-8H2,1H3. The molecule has 1 heterocycles. The number of hydrogen-bond acceptors (Lipinski definition) is 3. The third-order valence-corrected chi connectivity index (χ3v) is 3.64. The molecular formula is C12H14NO2S. The summed E-state index contributed by atoms with van der Waals surface area (Å²) in [5, 5.41) is 3.23. The predicted octanol–water partition coefficient (Wildman–Crippen LogP) is 1.27. The smallest absolute Gasteiger partial charge is 0.176 e. The first-order valence-corrected chi connectivity index (χ1v) is 7.08. The van der Waals surface area contributed by atoms with Crippen LogP contribution in [0.1, 0.15) is 12.0 Å². The van der Waals surface area contributed by atoms with Gasteiger partial charge in [0.2, 0.25) is 0 Å². The summed E-state index contributed by atoms with van der Waals surface area (Å²) in [5.74, 6) is 0. The molecule has 4 heteroatoms. The van der Waals surface area contributed by atoms with Crippen molar-refractivity contribution in [2.45, 2.75) is 11.3 Å². The Bertz CT molecular complexity index is 518. The van der Waals surface area contributed by atoms with Crippen LogP contribution < -0.4 is 5.32 Å². The van der Waals surface area contributed by atoms with E-state index in [1.54, 1.807) is 12.1 Å². The van der Waals surface area contributed by atoms with Crippen LogP contribution in [0.4, 0.5) is 0 Å². The highest BCUT2D eigenvalue weighted by atomic mass is 32.2. The quantitative estimate of drug-likeness (QED) is 0.841. The number of benzene rings is 1. The summed E-state index contributed by atoms with van der Waals surface area (Å²) in [7, 11) is -3.16. The van der Waals surface area contributed by atoms with Crippen molar-refractivity contribution >= 4 is 15.4 Å². The SMILES string of the molecule is CS(=O)(=O)c1[c]ccc(C2=CCNCC2)c1. The molecule has 2 rings (SSSR count). The van der Waals surface area contributed by atoms with E-state index in [-0.39, 0.29) is 4.90 Å². The van der Waals surface area contributed by atoms with Crippen LogP contribution in [0.15, 0.2) is 29.2 Å². The average Bonchev–Trinajstić information content (AvgIpc) is 2.29. The Balaban J connectivity index is 2.39. The lowest BCUT2D eigenvalue weighted by Gasteiger charge is -2.14. The highest BCUT2D eigenvalue weighted by Gasteiger charge is 2.10. The zero-order chi connectivity index (χ0) is 11.6. The lowest BCUT2D eigenvalue weighted by atomic mass is 10.0. The van der Waals surface area contributed by atoms with Crippen LogP contribution in [-0.2, 0) is 9.84 Å². The predicted molar refractivity (Wildman–Crippen MR) is 63.9 cm³/mol. The topological polar surface area (TPSA) is 46.2 Å². The molecule has 1 aromatic carbocycles. The van der Waals surface area contributed by atoms with Crippen LogP contribution in [-0.4, -0.2) is 27.8 Å². The maximum atomic E-state index is 11.4. The van der Waals surface area contributed by atoms with Gasteiger partial charge in [-0.05, 0) is 30.2 Å². The Morgan fingerprint density at radius 1 is 1.44 bits per heavy atom. The van der Waals surface area contributed by atoms with Gasteiger partial charge in [0, 0.05) is 18.9 Å². The first-order chi connectivity index (χ1) is 7.57. The third-order valence-electron chi connectivity index (χ3n) is 2.61. The normalized spacial score (nSPS) is 16.9. The second kappa shape index (κ2) is 4.39. The van der Waals surface area contributed by atoms with Crippen molar-refractivity contribution in [1.29, 1.82) is 0 Å². The van der Waals surface area contributed by atoms with Crippen LogP contribution in [0.3, 0.4) is 0 Å². The fourth-order valence-electron chi connectivity index (χ4n) is 1.74. The van der Waals surface area contributed by atoms with Crippen molar-refractivity contribution in [2.24, 2.45) is 0 Å². The Hall–Kier alpha value is -1.13. The van der Waals surface area contributed by atoms with E-state index in [4.69, 9.17) is 0 Å². The second-order valence-electron chi connectivity index (χ2n) is 3.90. The zero-order valence-electron chi connectivity index (χ0n) is 9.16. The minimum Gasteiger partial charge on any atom is -0.313 e. The van der Waals surface area contributed by atoms with E-state index in [1.165, 1.54) is 11.8 Å². The maximum absolute atomic E-state index is 11.4. The Morgan fingerprint density at radius 2 is 2.25 bits per heavy atom. The van der Waals surface area contributed by atoms with E-state index in [0.29, 0.717) is 0 Å². The number of sulfone groups is 1. The zero-order valence-corrected chi connectivity index (χ0v) is 9.97. The van der Waals surface area contributed by atoms with E-state index >= 15 is 0 Å². The number of rotatable bonds is 2. The summed E-state index contributed by atoms with van der Waals surface area (Å²) in [6, 6.07) is 8.04. The van der Waals surface area contributed by atoms with E-state index in [0.717, 1.165) is 25.1 Å². The summed E-state index contributed by atoms with van der Waals surface area (Å²) >= 11 is 0. The molecule has 0 fully saturated rings. The highest BCUT2D eigenvalue weighted by Crippen LogP contribution is 2.21. The molecule has 1 radical (unpaired) electrons. The van der Waals surface area contributed by atoms with Gasteiger partial charge in [-0.25, -0.2) is 8.42 Å². The Morgan fingerprint density at radius 3 is 2.88 bits per heavy atom.